The van der Waals surface area contributed by atoms with Gasteiger partial charge in [0, 0.05) is 24.5 Å². The molecular formula is C18H18O6. The minimum absolute atomic E-state index is 0.0584. The van der Waals surface area contributed by atoms with E-state index >= 15 is 0 Å². The Bertz CT molecular complexity index is 865. The molecule has 1 aliphatic rings. The first-order valence-electron chi connectivity index (χ1n) is 7.84. The Kier molecular flexibility index (Phi) is 4.15. The fourth-order valence-electron chi connectivity index (χ4n) is 3.28. The van der Waals surface area contributed by atoms with Gasteiger partial charge < -0.3 is 19.7 Å². The molecule has 126 valence electrons. The van der Waals surface area contributed by atoms with Crippen molar-refractivity contribution in [2.24, 2.45) is 0 Å². The normalized spacial score (nSPS) is 16.9. The zero-order valence-electron chi connectivity index (χ0n) is 13.2. The number of phenolic OH excluding ortho intramolecular Hbond substituents is 1. The third-order valence-electron chi connectivity index (χ3n) is 4.15. The van der Waals surface area contributed by atoms with Crippen LogP contribution < -0.4 is 5.63 Å². The quantitative estimate of drug-likeness (QED) is 0.796. The lowest BCUT2D eigenvalue weighted by Gasteiger charge is -2.25. The van der Waals surface area contributed by atoms with Crippen LogP contribution in [0, 0.1) is 0 Å². The zero-order valence-corrected chi connectivity index (χ0v) is 13.2. The Labute approximate surface area is 138 Å². The molecule has 1 aromatic heterocycles. The van der Waals surface area contributed by atoms with Crippen molar-refractivity contribution in [2.75, 3.05) is 0 Å². The Hall–Kier alpha value is -2.60. The highest BCUT2D eigenvalue weighted by atomic mass is 16.4. The average Bonchev–Trinajstić information content (AvgIpc) is 2.45. The number of carbonyl (C=O) groups is 1. The summed E-state index contributed by atoms with van der Waals surface area (Å²) in [7, 11) is 0. The number of ketones is 1. The van der Waals surface area contributed by atoms with Crippen LogP contribution in [0.15, 0.2) is 27.4 Å². The molecule has 1 atom stereocenters. The fourth-order valence-corrected chi connectivity index (χ4v) is 3.28. The monoisotopic (exact) mass is 330 g/mol. The molecule has 0 saturated carbocycles. The van der Waals surface area contributed by atoms with Crippen molar-refractivity contribution in [3.63, 3.8) is 0 Å². The van der Waals surface area contributed by atoms with Gasteiger partial charge in [0.2, 0.25) is 0 Å². The number of aliphatic hydroxyl groups excluding tert-OH is 1. The number of hydrogen-bond acceptors (Lipinski definition) is 6. The van der Waals surface area contributed by atoms with E-state index in [1.165, 1.54) is 12.1 Å². The largest absolute Gasteiger partial charge is 0.508 e. The second-order valence-electron chi connectivity index (χ2n) is 6.02. The molecule has 1 aromatic carbocycles. The SMILES string of the molecule is CCCc1cc(O)c2c(c1-c1cc(O)cc(=O)o1)CC(O)CC2=O. The van der Waals surface area contributed by atoms with Crippen LogP contribution in [0.25, 0.3) is 11.3 Å². The van der Waals surface area contributed by atoms with Crippen LogP contribution in [0.5, 0.6) is 11.5 Å². The van der Waals surface area contributed by atoms with Crippen LogP contribution in [0.3, 0.4) is 0 Å². The van der Waals surface area contributed by atoms with Crippen LogP contribution in [-0.4, -0.2) is 27.2 Å². The summed E-state index contributed by atoms with van der Waals surface area (Å²) in [5, 5.41) is 29.9. The third-order valence-corrected chi connectivity index (χ3v) is 4.15. The summed E-state index contributed by atoms with van der Waals surface area (Å²) in [6, 6.07) is 3.76. The van der Waals surface area contributed by atoms with Gasteiger partial charge in [0.05, 0.1) is 17.7 Å². The molecule has 0 saturated heterocycles. The van der Waals surface area contributed by atoms with Gasteiger partial charge in [-0.2, -0.15) is 0 Å². The van der Waals surface area contributed by atoms with Crippen molar-refractivity contribution in [3.05, 3.63) is 45.3 Å². The summed E-state index contributed by atoms with van der Waals surface area (Å²) in [5.74, 6) is -0.598. The van der Waals surface area contributed by atoms with E-state index in [1.54, 1.807) is 0 Å². The molecule has 0 radical (unpaired) electrons. The van der Waals surface area contributed by atoms with Gasteiger partial charge >= 0.3 is 5.63 Å². The van der Waals surface area contributed by atoms with E-state index in [0.29, 0.717) is 23.1 Å². The van der Waals surface area contributed by atoms with Gasteiger partial charge in [0.25, 0.3) is 0 Å². The highest BCUT2D eigenvalue weighted by Gasteiger charge is 2.31. The second-order valence-corrected chi connectivity index (χ2v) is 6.02. The molecule has 0 fully saturated rings. The lowest BCUT2D eigenvalue weighted by molar-refractivity contribution is 0.0850. The van der Waals surface area contributed by atoms with E-state index in [0.717, 1.165) is 12.5 Å². The summed E-state index contributed by atoms with van der Waals surface area (Å²) >= 11 is 0. The molecule has 1 aliphatic carbocycles. The van der Waals surface area contributed by atoms with Crippen LogP contribution in [0.1, 0.15) is 41.3 Å². The van der Waals surface area contributed by atoms with Gasteiger partial charge in [-0.1, -0.05) is 13.3 Å². The minimum Gasteiger partial charge on any atom is -0.508 e. The van der Waals surface area contributed by atoms with Crippen molar-refractivity contribution in [1.29, 1.82) is 0 Å². The molecule has 2 aromatic rings. The highest BCUT2D eigenvalue weighted by Crippen LogP contribution is 2.40. The Morgan fingerprint density at radius 2 is 1.88 bits per heavy atom. The summed E-state index contributed by atoms with van der Waals surface area (Å²) in [5.41, 5.74) is 1.09. The summed E-state index contributed by atoms with van der Waals surface area (Å²) in [6.07, 6.45) is 0.604. The average molecular weight is 330 g/mol. The number of carbonyl (C=O) groups excluding carboxylic acids is 1. The Balaban J connectivity index is 2.35. The summed E-state index contributed by atoms with van der Waals surface area (Å²) < 4.78 is 5.22. The lowest BCUT2D eigenvalue weighted by Crippen LogP contribution is -2.25. The summed E-state index contributed by atoms with van der Waals surface area (Å²) in [6.45, 7) is 1.96. The van der Waals surface area contributed by atoms with Crippen LogP contribution in [0.2, 0.25) is 0 Å². The van der Waals surface area contributed by atoms with Gasteiger partial charge in [-0.05, 0) is 23.6 Å². The molecule has 0 spiro atoms. The number of hydrogen-bond donors (Lipinski definition) is 3. The standard InChI is InChI=1S/C18H18O6/c1-2-3-9-4-13(21)18-12(5-10(19)6-14(18)22)17(9)15-7-11(20)8-16(23)24-15/h4,7-8,10,19-21H,2-3,5-6H2,1H3. The lowest BCUT2D eigenvalue weighted by atomic mass is 9.81. The number of aryl methyl sites for hydroxylation is 1. The van der Waals surface area contributed by atoms with Crippen LogP contribution in [0.4, 0.5) is 0 Å². The molecule has 1 unspecified atom stereocenters. The first kappa shape index (κ1) is 16.3. The van der Waals surface area contributed by atoms with Gasteiger partial charge in [-0.15, -0.1) is 0 Å². The number of Topliss-reactive ketones (excluding diaryl/α,β-unsaturated/α-hetero) is 1. The molecule has 6 heteroatoms. The molecule has 0 aliphatic heterocycles. The van der Waals surface area contributed by atoms with Gasteiger partial charge in [-0.25, -0.2) is 4.79 Å². The van der Waals surface area contributed by atoms with E-state index in [9.17, 15) is 24.9 Å². The fraction of sp³-hybridized carbons (Fsp3) is 0.333. The number of fused-ring (bicyclic) bond motifs is 1. The predicted octanol–water partition coefficient (Wildman–Crippen LogP) is 2.16. The molecular weight excluding hydrogens is 312 g/mol. The first-order chi connectivity index (χ1) is 11.4. The van der Waals surface area contributed by atoms with E-state index in [-0.39, 0.29) is 41.4 Å². The van der Waals surface area contributed by atoms with Crippen LogP contribution >= 0.6 is 0 Å². The third kappa shape index (κ3) is 2.80. The summed E-state index contributed by atoms with van der Waals surface area (Å²) in [4.78, 5) is 23.9. The zero-order chi connectivity index (χ0) is 17.4. The molecule has 0 amide bonds. The van der Waals surface area contributed by atoms with Gasteiger partial charge in [0.1, 0.15) is 17.3 Å². The second kappa shape index (κ2) is 6.13. The van der Waals surface area contributed by atoms with Crippen LogP contribution in [-0.2, 0) is 12.8 Å². The molecule has 1 heterocycles. The maximum atomic E-state index is 12.2. The smallest absolute Gasteiger partial charge is 0.339 e. The number of aromatic hydroxyl groups is 2. The number of aliphatic hydroxyl groups is 1. The highest BCUT2D eigenvalue weighted by molar-refractivity contribution is 6.03. The molecule has 3 rings (SSSR count). The van der Waals surface area contributed by atoms with Crippen molar-refractivity contribution >= 4 is 5.78 Å². The van der Waals surface area contributed by atoms with E-state index in [1.807, 2.05) is 6.92 Å². The van der Waals surface area contributed by atoms with Crippen molar-refractivity contribution < 1.29 is 24.5 Å². The maximum Gasteiger partial charge on any atom is 0.339 e. The van der Waals surface area contributed by atoms with E-state index in [4.69, 9.17) is 4.42 Å². The van der Waals surface area contributed by atoms with Crippen molar-refractivity contribution in [3.8, 4) is 22.8 Å². The first-order valence-corrected chi connectivity index (χ1v) is 7.84. The topological polar surface area (TPSA) is 108 Å². The maximum absolute atomic E-state index is 12.2. The molecule has 3 N–H and O–H groups in total. The van der Waals surface area contributed by atoms with Gasteiger partial charge in [-0.3, -0.25) is 4.79 Å². The minimum atomic E-state index is -0.857. The molecule has 24 heavy (non-hydrogen) atoms. The van der Waals surface area contributed by atoms with E-state index < -0.39 is 11.7 Å². The van der Waals surface area contributed by atoms with Crippen molar-refractivity contribution in [1.82, 2.24) is 0 Å². The molecule has 6 nitrogen and oxygen atoms in total. The Morgan fingerprint density at radius 1 is 1.12 bits per heavy atom. The molecule has 0 bridgehead atoms. The predicted molar refractivity (Wildman–Crippen MR) is 86.4 cm³/mol. The van der Waals surface area contributed by atoms with Crippen molar-refractivity contribution in [2.45, 2.75) is 38.7 Å². The number of benzene rings is 1. The number of phenols is 1. The van der Waals surface area contributed by atoms with Gasteiger partial charge in [0.15, 0.2) is 5.78 Å². The Morgan fingerprint density at radius 3 is 2.54 bits per heavy atom. The number of rotatable bonds is 3. The van der Waals surface area contributed by atoms with E-state index in [2.05, 4.69) is 0 Å².